The highest BCUT2D eigenvalue weighted by Gasteiger charge is 2.20. The molecule has 4 nitrogen and oxygen atoms in total. The number of rotatable bonds is 6. The van der Waals surface area contributed by atoms with Crippen LogP contribution in [0.3, 0.4) is 0 Å². The summed E-state index contributed by atoms with van der Waals surface area (Å²) in [5.41, 5.74) is 6.82. The number of halogens is 1. The lowest BCUT2D eigenvalue weighted by atomic mass is 9.94. The number of aromatic nitrogens is 2. The van der Waals surface area contributed by atoms with Crippen LogP contribution in [0.5, 0.6) is 0 Å². The van der Waals surface area contributed by atoms with E-state index in [-0.39, 0.29) is 18.5 Å². The predicted molar refractivity (Wildman–Crippen MR) is 125 cm³/mol. The molecular formula is C26H24ClN3O. The first-order valence-electron chi connectivity index (χ1n) is 9.88. The van der Waals surface area contributed by atoms with E-state index in [9.17, 15) is 5.26 Å². The summed E-state index contributed by atoms with van der Waals surface area (Å²) >= 11 is 0. The Morgan fingerprint density at radius 1 is 1.03 bits per heavy atom. The number of nitrogens with zero attached hydrogens (tertiary/aromatic N) is 3. The summed E-state index contributed by atoms with van der Waals surface area (Å²) in [5.74, 6) is 0. The normalized spacial score (nSPS) is 11.4. The molecule has 0 saturated heterocycles. The van der Waals surface area contributed by atoms with Crippen LogP contribution in [0.1, 0.15) is 34.1 Å². The SMILES string of the molecule is Cc1ccc(-c2cc(C(OCc3ccccc3)c3cncn3C)ccc2C#N)cc1.Cl. The van der Waals surface area contributed by atoms with Crippen molar-refractivity contribution in [2.45, 2.75) is 19.6 Å². The highest BCUT2D eigenvalue weighted by molar-refractivity contribution is 5.85. The van der Waals surface area contributed by atoms with Crippen molar-refractivity contribution in [2.75, 3.05) is 0 Å². The molecule has 4 aromatic rings. The van der Waals surface area contributed by atoms with E-state index in [0.29, 0.717) is 12.2 Å². The van der Waals surface area contributed by atoms with Crippen molar-refractivity contribution in [1.82, 2.24) is 9.55 Å². The second kappa shape index (κ2) is 10.1. The van der Waals surface area contributed by atoms with E-state index in [4.69, 9.17) is 4.74 Å². The molecule has 0 radical (unpaired) electrons. The van der Waals surface area contributed by atoms with Gasteiger partial charge in [0, 0.05) is 7.05 Å². The first-order chi connectivity index (χ1) is 14.7. The van der Waals surface area contributed by atoms with Crippen LogP contribution < -0.4 is 0 Å². The van der Waals surface area contributed by atoms with Crippen molar-refractivity contribution in [3.63, 3.8) is 0 Å². The average molecular weight is 430 g/mol. The molecular weight excluding hydrogens is 406 g/mol. The topological polar surface area (TPSA) is 50.8 Å². The van der Waals surface area contributed by atoms with Gasteiger partial charge in [-0.3, -0.25) is 0 Å². The van der Waals surface area contributed by atoms with Crippen LogP contribution >= 0.6 is 12.4 Å². The maximum absolute atomic E-state index is 9.65. The van der Waals surface area contributed by atoms with E-state index in [0.717, 1.165) is 27.9 Å². The lowest BCUT2D eigenvalue weighted by molar-refractivity contribution is 0.0622. The quantitative estimate of drug-likeness (QED) is 0.378. The summed E-state index contributed by atoms with van der Waals surface area (Å²) in [5, 5.41) is 9.65. The molecule has 0 N–H and O–H groups in total. The lowest BCUT2D eigenvalue weighted by Gasteiger charge is -2.20. The number of benzene rings is 3. The van der Waals surface area contributed by atoms with Gasteiger partial charge in [0.25, 0.3) is 0 Å². The fourth-order valence-electron chi connectivity index (χ4n) is 3.52. The van der Waals surface area contributed by atoms with Gasteiger partial charge in [0.2, 0.25) is 0 Å². The fourth-order valence-corrected chi connectivity index (χ4v) is 3.52. The molecule has 0 aliphatic heterocycles. The molecule has 156 valence electrons. The van der Waals surface area contributed by atoms with Crippen molar-refractivity contribution < 1.29 is 4.74 Å². The number of hydrogen-bond acceptors (Lipinski definition) is 3. The molecule has 5 heteroatoms. The van der Waals surface area contributed by atoms with Gasteiger partial charge in [-0.1, -0.05) is 66.2 Å². The van der Waals surface area contributed by atoms with Crippen LogP contribution in [-0.2, 0) is 18.4 Å². The predicted octanol–water partition coefficient (Wildman–Crippen LogP) is 6.00. The summed E-state index contributed by atoms with van der Waals surface area (Å²) in [4.78, 5) is 4.28. The van der Waals surface area contributed by atoms with Gasteiger partial charge in [-0.15, -0.1) is 12.4 Å². The third-order valence-corrected chi connectivity index (χ3v) is 5.21. The van der Waals surface area contributed by atoms with Crippen LogP contribution in [0, 0.1) is 18.3 Å². The van der Waals surface area contributed by atoms with Gasteiger partial charge in [-0.2, -0.15) is 5.26 Å². The molecule has 1 aromatic heterocycles. The summed E-state index contributed by atoms with van der Waals surface area (Å²) in [6, 6.07) is 26.6. The van der Waals surface area contributed by atoms with Crippen molar-refractivity contribution in [3.8, 4) is 17.2 Å². The van der Waals surface area contributed by atoms with E-state index in [2.05, 4.69) is 60.4 Å². The van der Waals surface area contributed by atoms with Gasteiger partial charge in [0.15, 0.2) is 0 Å². The Morgan fingerprint density at radius 2 is 1.77 bits per heavy atom. The Labute approximate surface area is 189 Å². The Balaban J connectivity index is 0.00000272. The van der Waals surface area contributed by atoms with Crippen LogP contribution in [0.15, 0.2) is 85.3 Å². The molecule has 0 aliphatic carbocycles. The van der Waals surface area contributed by atoms with E-state index in [1.54, 1.807) is 6.33 Å². The molecule has 0 aliphatic rings. The zero-order valence-electron chi connectivity index (χ0n) is 17.5. The van der Waals surface area contributed by atoms with Crippen LogP contribution in [0.4, 0.5) is 0 Å². The summed E-state index contributed by atoms with van der Waals surface area (Å²) in [6.45, 7) is 2.54. The lowest BCUT2D eigenvalue weighted by Crippen LogP contribution is -2.11. The highest BCUT2D eigenvalue weighted by atomic mass is 35.5. The van der Waals surface area contributed by atoms with Crippen molar-refractivity contribution in [3.05, 3.63) is 113 Å². The van der Waals surface area contributed by atoms with E-state index in [1.807, 2.05) is 48.1 Å². The second-order valence-corrected chi connectivity index (χ2v) is 7.39. The molecule has 1 heterocycles. The van der Waals surface area contributed by atoms with Gasteiger partial charge in [-0.05, 0) is 41.3 Å². The highest BCUT2D eigenvalue weighted by Crippen LogP contribution is 2.32. The van der Waals surface area contributed by atoms with Crippen LogP contribution in [0.2, 0.25) is 0 Å². The third kappa shape index (κ3) is 5.03. The zero-order chi connectivity index (χ0) is 20.9. The molecule has 0 amide bonds. The smallest absolute Gasteiger partial charge is 0.124 e. The van der Waals surface area contributed by atoms with Gasteiger partial charge < -0.3 is 9.30 Å². The summed E-state index contributed by atoms with van der Waals surface area (Å²) < 4.78 is 8.35. The van der Waals surface area contributed by atoms with E-state index < -0.39 is 0 Å². The number of aryl methyl sites for hydroxylation is 2. The van der Waals surface area contributed by atoms with Gasteiger partial charge in [0.05, 0.1) is 36.5 Å². The van der Waals surface area contributed by atoms with Crippen molar-refractivity contribution in [1.29, 1.82) is 5.26 Å². The maximum Gasteiger partial charge on any atom is 0.124 e. The molecule has 4 rings (SSSR count). The number of ether oxygens (including phenoxy) is 1. The standard InChI is InChI=1S/C26H23N3O.ClH/c1-19-8-10-21(11-9-19)24-14-22(12-13-23(24)15-27)26(25-16-28-18-29(25)2)30-17-20-6-4-3-5-7-20;/h3-14,16,18,26H,17H2,1-2H3;1H. The first-order valence-corrected chi connectivity index (χ1v) is 9.88. The largest absolute Gasteiger partial charge is 0.363 e. The molecule has 0 fully saturated rings. The summed E-state index contributed by atoms with van der Waals surface area (Å²) in [6.07, 6.45) is 3.31. The molecule has 1 atom stereocenters. The molecule has 0 saturated carbocycles. The minimum absolute atomic E-state index is 0. The molecule has 1 unspecified atom stereocenters. The number of nitriles is 1. The van der Waals surface area contributed by atoms with Gasteiger partial charge in [-0.25, -0.2) is 4.98 Å². The van der Waals surface area contributed by atoms with Gasteiger partial charge >= 0.3 is 0 Å². The second-order valence-electron chi connectivity index (χ2n) is 7.39. The van der Waals surface area contributed by atoms with Crippen LogP contribution in [-0.4, -0.2) is 9.55 Å². The Kier molecular flexibility index (Phi) is 7.25. The van der Waals surface area contributed by atoms with Gasteiger partial charge in [0.1, 0.15) is 6.10 Å². The first kappa shape index (κ1) is 22.3. The minimum atomic E-state index is -0.297. The van der Waals surface area contributed by atoms with Crippen molar-refractivity contribution >= 4 is 12.4 Å². The zero-order valence-corrected chi connectivity index (χ0v) is 18.3. The number of hydrogen-bond donors (Lipinski definition) is 0. The Morgan fingerprint density at radius 3 is 2.42 bits per heavy atom. The maximum atomic E-state index is 9.65. The monoisotopic (exact) mass is 429 g/mol. The fraction of sp³-hybridized carbons (Fsp3) is 0.154. The molecule has 0 bridgehead atoms. The minimum Gasteiger partial charge on any atom is -0.363 e. The average Bonchev–Trinajstić information content (AvgIpc) is 3.21. The Bertz CT molecular complexity index is 1180. The third-order valence-electron chi connectivity index (χ3n) is 5.21. The molecule has 3 aromatic carbocycles. The van der Waals surface area contributed by atoms with Crippen LogP contribution in [0.25, 0.3) is 11.1 Å². The van der Waals surface area contributed by atoms with E-state index in [1.165, 1.54) is 5.56 Å². The number of imidazole rings is 1. The van der Waals surface area contributed by atoms with E-state index >= 15 is 0 Å². The van der Waals surface area contributed by atoms with Crippen molar-refractivity contribution in [2.24, 2.45) is 7.05 Å². The Hall–Kier alpha value is -3.39. The summed E-state index contributed by atoms with van der Waals surface area (Å²) in [7, 11) is 1.96. The molecule has 31 heavy (non-hydrogen) atoms. The molecule has 0 spiro atoms.